The van der Waals surface area contributed by atoms with Crippen molar-refractivity contribution < 1.29 is 14.4 Å². The fraction of sp³-hybridized carbons (Fsp3) is 0.0833. The van der Waals surface area contributed by atoms with E-state index in [1.165, 1.54) is 6.92 Å². The van der Waals surface area contributed by atoms with E-state index in [2.05, 4.69) is 5.32 Å². The van der Waals surface area contributed by atoms with Gasteiger partial charge in [0.15, 0.2) is 5.78 Å². The van der Waals surface area contributed by atoms with E-state index in [0.717, 1.165) is 12.2 Å². The Morgan fingerprint density at radius 3 is 2.18 bits per heavy atom. The van der Waals surface area contributed by atoms with Gasteiger partial charge in [-0.1, -0.05) is 0 Å². The highest BCUT2D eigenvalue weighted by Gasteiger charge is 2.01. The van der Waals surface area contributed by atoms with Gasteiger partial charge in [-0.05, 0) is 31.2 Å². The second-order valence-electron chi connectivity index (χ2n) is 3.36. The summed E-state index contributed by atoms with van der Waals surface area (Å²) in [7, 11) is 0. The summed E-state index contributed by atoms with van der Waals surface area (Å²) in [4.78, 5) is 32.7. The Hall–Kier alpha value is -2.43. The maximum Gasteiger partial charge on any atom is 0.248 e. The lowest BCUT2D eigenvalue weighted by Gasteiger charge is -2.02. The fourth-order valence-electron chi connectivity index (χ4n) is 1.13. The number of primary amides is 1. The van der Waals surface area contributed by atoms with Crippen molar-refractivity contribution in [3.8, 4) is 0 Å². The van der Waals surface area contributed by atoms with Crippen molar-refractivity contribution in [2.45, 2.75) is 6.92 Å². The number of ketones is 1. The van der Waals surface area contributed by atoms with Crippen LogP contribution in [-0.4, -0.2) is 17.6 Å². The van der Waals surface area contributed by atoms with Crippen LogP contribution in [0.15, 0.2) is 36.4 Å². The highest BCUT2D eigenvalue weighted by atomic mass is 16.2. The van der Waals surface area contributed by atoms with E-state index in [4.69, 9.17) is 5.73 Å². The van der Waals surface area contributed by atoms with Gasteiger partial charge in [-0.3, -0.25) is 14.4 Å². The molecule has 0 aliphatic heterocycles. The second kappa shape index (κ2) is 5.60. The average molecular weight is 232 g/mol. The molecule has 0 bridgehead atoms. The predicted octanol–water partition coefficient (Wildman–Crippen LogP) is 0.869. The van der Waals surface area contributed by atoms with Crippen molar-refractivity contribution in [1.29, 1.82) is 0 Å². The van der Waals surface area contributed by atoms with Crippen LogP contribution in [0, 0.1) is 0 Å². The fourth-order valence-corrected chi connectivity index (χ4v) is 1.13. The molecule has 5 heteroatoms. The minimum Gasteiger partial charge on any atom is -0.366 e. The number of nitrogens with two attached hydrogens (primary N) is 1. The molecule has 88 valence electrons. The maximum atomic E-state index is 11.3. The van der Waals surface area contributed by atoms with Gasteiger partial charge < -0.3 is 11.1 Å². The molecule has 1 rings (SSSR count). The first-order valence-electron chi connectivity index (χ1n) is 4.88. The molecule has 0 fully saturated rings. The highest BCUT2D eigenvalue weighted by molar-refractivity contribution is 6.03. The SMILES string of the molecule is CC(=O)c1ccc(NC(=O)/C=C\C(N)=O)cc1. The van der Waals surface area contributed by atoms with Crippen molar-refractivity contribution in [3.63, 3.8) is 0 Å². The lowest BCUT2D eigenvalue weighted by molar-refractivity contribution is -0.115. The smallest absolute Gasteiger partial charge is 0.248 e. The molecule has 0 unspecified atom stereocenters. The van der Waals surface area contributed by atoms with E-state index < -0.39 is 11.8 Å². The third-order valence-corrected chi connectivity index (χ3v) is 1.96. The number of anilines is 1. The number of rotatable bonds is 4. The van der Waals surface area contributed by atoms with Crippen molar-refractivity contribution in [3.05, 3.63) is 42.0 Å². The van der Waals surface area contributed by atoms with Crippen LogP contribution in [0.25, 0.3) is 0 Å². The normalized spacial score (nSPS) is 10.2. The Kier molecular flexibility index (Phi) is 4.16. The molecule has 0 spiro atoms. The molecule has 0 saturated carbocycles. The topological polar surface area (TPSA) is 89.3 Å². The van der Waals surface area contributed by atoms with Crippen LogP contribution < -0.4 is 11.1 Å². The molecule has 0 saturated heterocycles. The van der Waals surface area contributed by atoms with Crippen molar-refractivity contribution in [1.82, 2.24) is 0 Å². The number of Topliss-reactive ketones (excluding diaryl/α,β-unsaturated/α-hetero) is 1. The third kappa shape index (κ3) is 4.29. The largest absolute Gasteiger partial charge is 0.366 e. The lowest BCUT2D eigenvalue weighted by Crippen LogP contribution is -2.11. The zero-order valence-electron chi connectivity index (χ0n) is 9.27. The number of benzene rings is 1. The van der Waals surface area contributed by atoms with Crippen LogP contribution in [-0.2, 0) is 9.59 Å². The summed E-state index contributed by atoms with van der Waals surface area (Å²) < 4.78 is 0. The number of amides is 2. The molecule has 1 aromatic carbocycles. The van der Waals surface area contributed by atoms with Crippen molar-refractivity contribution in [2.24, 2.45) is 5.73 Å². The molecule has 3 N–H and O–H groups in total. The Morgan fingerprint density at radius 2 is 1.71 bits per heavy atom. The third-order valence-electron chi connectivity index (χ3n) is 1.96. The minimum atomic E-state index is -0.688. The van der Waals surface area contributed by atoms with Gasteiger partial charge in [0.05, 0.1) is 0 Å². The van der Waals surface area contributed by atoms with Crippen LogP contribution in [0.2, 0.25) is 0 Å². The first-order chi connectivity index (χ1) is 7.99. The van der Waals surface area contributed by atoms with Crippen LogP contribution in [0.5, 0.6) is 0 Å². The number of hydrogen-bond donors (Lipinski definition) is 2. The number of nitrogens with one attached hydrogen (secondary N) is 1. The van der Waals surface area contributed by atoms with Gasteiger partial charge in [0.25, 0.3) is 0 Å². The molecule has 5 nitrogen and oxygen atoms in total. The van der Waals surface area contributed by atoms with E-state index in [1.54, 1.807) is 24.3 Å². The summed E-state index contributed by atoms with van der Waals surface area (Å²) in [6, 6.07) is 6.42. The molecule has 0 aliphatic carbocycles. The standard InChI is InChI=1S/C12H12N2O3/c1-8(15)9-2-4-10(5-3-9)14-12(17)7-6-11(13)16/h2-7H,1H3,(H2,13,16)(H,14,17)/b7-6-. The lowest BCUT2D eigenvalue weighted by atomic mass is 10.1. The number of carbonyl (C=O) groups excluding carboxylic acids is 3. The molecule has 0 heterocycles. The van der Waals surface area contributed by atoms with Gasteiger partial charge >= 0.3 is 0 Å². The van der Waals surface area contributed by atoms with Gasteiger partial charge in [0.2, 0.25) is 11.8 Å². The van der Waals surface area contributed by atoms with E-state index in [-0.39, 0.29) is 5.78 Å². The maximum absolute atomic E-state index is 11.3. The van der Waals surface area contributed by atoms with E-state index in [1.807, 2.05) is 0 Å². The zero-order chi connectivity index (χ0) is 12.8. The Morgan fingerprint density at radius 1 is 1.12 bits per heavy atom. The summed E-state index contributed by atoms with van der Waals surface area (Å²) in [5, 5.41) is 2.52. The van der Waals surface area contributed by atoms with Gasteiger partial charge in [-0.2, -0.15) is 0 Å². The summed E-state index contributed by atoms with van der Waals surface area (Å²) in [6.45, 7) is 1.46. The zero-order valence-corrected chi connectivity index (χ0v) is 9.27. The molecule has 0 aliphatic rings. The molecule has 17 heavy (non-hydrogen) atoms. The van der Waals surface area contributed by atoms with Gasteiger partial charge in [0, 0.05) is 23.4 Å². The van der Waals surface area contributed by atoms with Crippen LogP contribution in [0.4, 0.5) is 5.69 Å². The van der Waals surface area contributed by atoms with Crippen LogP contribution in [0.3, 0.4) is 0 Å². The van der Waals surface area contributed by atoms with Gasteiger partial charge in [-0.15, -0.1) is 0 Å². The predicted molar refractivity (Wildman–Crippen MR) is 63.4 cm³/mol. The number of hydrogen-bond acceptors (Lipinski definition) is 3. The number of carbonyl (C=O) groups is 3. The van der Waals surface area contributed by atoms with Gasteiger partial charge in [-0.25, -0.2) is 0 Å². The Bertz CT molecular complexity index is 475. The highest BCUT2D eigenvalue weighted by Crippen LogP contribution is 2.09. The molecular weight excluding hydrogens is 220 g/mol. The molecular formula is C12H12N2O3. The van der Waals surface area contributed by atoms with Crippen molar-refractivity contribution in [2.75, 3.05) is 5.32 Å². The molecule has 0 radical (unpaired) electrons. The van der Waals surface area contributed by atoms with Gasteiger partial charge in [0.1, 0.15) is 0 Å². The first kappa shape index (κ1) is 12.6. The first-order valence-corrected chi connectivity index (χ1v) is 4.88. The molecule has 2 amide bonds. The van der Waals surface area contributed by atoms with E-state index in [9.17, 15) is 14.4 Å². The second-order valence-corrected chi connectivity index (χ2v) is 3.36. The molecule has 0 atom stereocenters. The van der Waals surface area contributed by atoms with Crippen molar-refractivity contribution >= 4 is 23.3 Å². The molecule has 1 aromatic rings. The van der Waals surface area contributed by atoms with Crippen LogP contribution >= 0.6 is 0 Å². The van der Waals surface area contributed by atoms with Crippen LogP contribution in [0.1, 0.15) is 17.3 Å². The Balaban J connectivity index is 2.66. The molecule has 0 aromatic heterocycles. The summed E-state index contributed by atoms with van der Waals surface area (Å²) in [5.74, 6) is -1.19. The van der Waals surface area contributed by atoms with E-state index >= 15 is 0 Å². The monoisotopic (exact) mass is 232 g/mol. The average Bonchev–Trinajstić information content (AvgIpc) is 2.27. The Labute approximate surface area is 98.3 Å². The quantitative estimate of drug-likeness (QED) is 0.596. The minimum absolute atomic E-state index is 0.0449. The summed E-state index contributed by atoms with van der Waals surface area (Å²) in [5.41, 5.74) is 5.95. The summed E-state index contributed by atoms with van der Waals surface area (Å²) >= 11 is 0. The van der Waals surface area contributed by atoms with E-state index in [0.29, 0.717) is 11.3 Å². The summed E-state index contributed by atoms with van der Waals surface area (Å²) in [6.07, 6.45) is 2.01.